The van der Waals surface area contributed by atoms with Gasteiger partial charge < -0.3 is 10.2 Å². The zero-order chi connectivity index (χ0) is 16.0. The van der Waals surface area contributed by atoms with Crippen LogP contribution in [0.25, 0.3) is 0 Å². The Labute approximate surface area is 123 Å². The molecule has 5 nitrogen and oxygen atoms in total. The van der Waals surface area contributed by atoms with Gasteiger partial charge in [0.15, 0.2) is 23.1 Å². The summed E-state index contributed by atoms with van der Waals surface area (Å²) < 4.78 is 26.1. The second-order valence-corrected chi connectivity index (χ2v) is 4.80. The lowest BCUT2D eigenvalue weighted by Gasteiger charge is -2.13. The molecule has 1 heterocycles. The number of aromatic hydroxyl groups is 2. The molecule has 1 aliphatic rings. The smallest absolute Gasteiger partial charge is 0.265 e. The third-order valence-electron chi connectivity index (χ3n) is 3.42. The van der Waals surface area contributed by atoms with Crippen LogP contribution in [0.15, 0.2) is 30.3 Å². The summed E-state index contributed by atoms with van der Waals surface area (Å²) in [5.74, 6) is -4.81. The van der Waals surface area contributed by atoms with Crippen LogP contribution in [0.3, 0.4) is 0 Å². The lowest BCUT2D eigenvalue weighted by molar-refractivity contribution is 0.0641. The Morgan fingerprint density at radius 3 is 2.36 bits per heavy atom. The van der Waals surface area contributed by atoms with Gasteiger partial charge in [0.05, 0.1) is 17.7 Å². The van der Waals surface area contributed by atoms with Crippen LogP contribution in [0.4, 0.5) is 8.78 Å². The first-order valence-electron chi connectivity index (χ1n) is 6.25. The molecular weight excluding hydrogens is 296 g/mol. The predicted octanol–water partition coefficient (Wildman–Crippen LogP) is 2.17. The van der Waals surface area contributed by atoms with Gasteiger partial charge in [-0.1, -0.05) is 6.07 Å². The normalized spacial score (nSPS) is 13.6. The standard InChI is InChI=1S/C15H9F2NO4/c16-9-3-1-7(5-10(9)17)6-18-14(21)8-2-4-11(19)13(20)12(8)15(18)22/h1-5,19-20H,6H2. The third-order valence-corrected chi connectivity index (χ3v) is 3.42. The van der Waals surface area contributed by atoms with Crippen LogP contribution in [0, 0.1) is 11.6 Å². The first-order valence-corrected chi connectivity index (χ1v) is 6.25. The molecule has 22 heavy (non-hydrogen) atoms. The number of phenols is 2. The summed E-state index contributed by atoms with van der Waals surface area (Å²) in [6.07, 6.45) is 0. The molecule has 2 N–H and O–H groups in total. The summed E-state index contributed by atoms with van der Waals surface area (Å²) >= 11 is 0. The molecule has 0 unspecified atom stereocenters. The van der Waals surface area contributed by atoms with E-state index in [1.807, 2.05) is 0 Å². The van der Waals surface area contributed by atoms with Crippen molar-refractivity contribution in [2.75, 3.05) is 0 Å². The van der Waals surface area contributed by atoms with Crippen molar-refractivity contribution in [1.82, 2.24) is 4.90 Å². The zero-order valence-electron chi connectivity index (χ0n) is 11.0. The van der Waals surface area contributed by atoms with Gasteiger partial charge in [-0.15, -0.1) is 0 Å². The van der Waals surface area contributed by atoms with E-state index in [9.17, 15) is 28.6 Å². The van der Waals surface area contributed by atoms with E-state index in [-0.39, 0.29) is 23.2 Å². The topological polar surface area (TPSA) is 77.8 Å². The number of halogens is 2. The molecule has 0 fully saturated rings. The van der Waals surface area contributed by atoms with Gasteiger partial charge in [-0.2, -0.15) is 0 Å². The van der Waals surface area contributed by atoms with Crippen LogP contribution in [-0.2, 0) is 6.54 Å². The number of imide groups is 1. The molecular formula is C15H9F2NO4. The molecule has 0 bridgehead atoms. The molecule has 0 aromatic heterocycles. The first-order chi connectivity index (χ1) is 10.4. The molecule has 0 saturated carbocycles. The molecule has 3 rings (SSSR count). The molecule has 2 aromatic rings. The van der Waals surface area contributed by atoms with Gasteiger partial charge in [-0.3, -0.25) is 14.5 Å². The van der Waals surface area contributed by atoms with Crippen molar-refractivity contribution in [3.05, 3.63) is 58.7 Å². The van der Waals surface area contributed by atoms with Crippen molar-refractivity contribution in [3.8, 4) is 11.5 Å². The number of phenolic OH excluding ortho intramolecular Hbond substituents is 2. The number of hydrogen-bond acceptors (Lipinski definition) is 4. The molecule has 1 aliphatic heterocycles. The average molecular weight is 305 g/mol. The number of nitrogens with zero attached hydrogens (tertiary/aromatic N) is 1. The minimum atomic E-state index is -1.09. The average Bonchev–Trinajstić information content (AvgIpc) is 2.72. The number of fused-ring (bicyclic) bond motifs is 1. The molecule has 2 amide bonds. The summed E-state index contributed by atoms with van der Waals surface area (Å²) in [4.78, 5) is 25.2. The molecule has 0 radical (unpaired) electrons. The van der Waals surface area contributed by atoms with Gasteiger partial charge in [0.1, 0.15) is 0 Å². The van der Waals surface area contributed by atoms with Crippen molar-refractivity contribution >= 4 is 11.8 Å². The van der Waals surface area contributed by atoms with Crippen molar-refractivity contribution in [1.29, 1.82) is 0 Å². The van der Waals surface area contributed by atoms with Crippen LogP contribution in [0.2, 0.25) is 0 Å². The van der Waals surface area contributed by atoms with Gasteiger partial charge >= 0.3 is 0 Å². The van der Waals surface area contributed by atoms with Crippen LogP contribution in [0.5, 0.6) is 11.5 Å². The zero-order valence-corrected chi connectivity index (χ0v) is 11.0. The molecule has 0 atom stereocenters. The fourth-order valence-electron chi connectivity index (χ4n) is 2.31. The van der Waals surface area contributed by atoms with E-state index in [0.717, 1.165) is 23.1 Å². The van der Waals surface area contributed by atoms with E-state index in [0.29, 0.717) is 0 Å². The number of carbonyl (C=O) groups excluding carboxylic acids is 2. The Kier molecular flexibility index (Phi) is 3.05. The van der Waals surface area contributed by atoms with Crippen molar-refractivity contribution in [3.63, 3.8) is 0 Å². The minimum Gasteiger partial charge on any atom is -0.504 e. The van der Waals surface area contributed by atoms with Crippen LogP contribution < -0.4 is 0 Å². The Balaban J connectivity index is 1.97. The minimum absolute atomic E-state index is 0.0529. The fourth-order valence-corrected chi connectivity index (χ4v) is 2.31. The van der Waals surface area contributed by atoms with Crippen molar-refractivity contribution < 1.29 is 28.6 Å². The molecule has 7 heteroatoms. The molecule has 0 saturated heterocycles. The van der Waals surface area contributed by atoms with Crippen molar-refractivity contribution in [2.45, 2.75) is 6.54 Å². The van der Waals surface area contributed by atoms with Crippen LogP contribution in [0.1, 0.15) is 26.3 Å². The summed E-state index contributed by atoms with van der Waals surface area (Å²) in [6, 6.07) is 5.35. The lowest BCUT2D eigenvalue weighted by atomic mass is 10.1. The quantitative estimate of drug-likeness (QED) is 0.658. The highest BCUT2D eigenvalue weighted by Gasteiger charge is 2.38. The summed E-state index contributed by atoms with van der Waals surface area (Å²) in [5.41, 5.74) is -0.132. The van der Waals surface area contributed by atoms with E-state index < -0.39 is 34.9 Å². The summed E-state index contributed by atoms with van der Waals surface area (Å²) in [6.45, 7) is -0.274. The predicted molar refractivity (Wildman–Crippen MR) is 70.3 cm³/mol. The first kappa shape index (κ1) is 14.0. The molecule has 112 valence electrons. The Morgan fingerprint density at radius 2 is 1.68 bits per heavy atom. The van der Waals surface area contributed by atoms with E-state index in [2.05, 4.69) is 0 Å². The van der Waals surface area contributed by atoms with Gasteiger partial charge in [-0.05, 0) is 29.8 Å². The maximum Gasteiger partial charge on any atom is 0.265 e. The maximum atomic E-state index is 13.2. The Bertz CT molecular complexity index is 819. The lowest BCUT2D eigenvalue weighted by Crippen LogP contribution is -2.29. The van der Waals surface area contributed by atoms with E-state index >= 15 is 0 Å². The van der Waals surface area contributed by atoms with Crippen LogP contribution in [-0.4, -0.2) is 26.9 Å². The number of rotatable bonds is 2. The summed E-state index contributed by atoms with van der Waals surface area (Å²) in [5, 5.41) is 19.1. The maximum absolute atomic E-state index is 13.2. The third kappa shape index (κ3) is 1.98. The van der Waals surface area contributed by atoms with Crippen molar-refractivity contribution in [2.24, 2.45) is 0 Å². The van der Waals surface area contributed by atoms with Gasteiger partial charge in [-0.25, -0.2) is 8.78 Å². The molecule has 0 spiro atoms. The second-order valence-electron chi connectivity index (χ2n) is 4.80. The largest absolute Gasteiger partial charge is 0.504 e. The molecule has 2 aromatic carbocycles. The van der Waals surface area contributed by atoms with Gasteiger partial charge in [0.25, 0.3) is 11.8 Å². The highest BCUT2D eigenvalue weighted by molar-refractivity contribution is 6.22. The summed E-state index contributed by atoms with van der Waals surface area (Å²) in [7, 11) is 0. The van der Waals surface area contributed by atoms with Gasteiger partial charge in [0.2, 0.25) is 0 Å². The number of hydrogen-bond donors (Lipinski definition) is 2. The second kappa shape index (κ2) is 4.80. The van der Waals surface area contributed by atoms with Gasteiger partial charge in [0, 0.05) is 0 Å². The molecule has 0 aliphatic carbocycles. The monoisotopic (exact) mass is 305 g/mol. The SMILES string of the molecule is O=C1c2ccc(O)c(O)c2C(=O)N1Cc1ccc(F)c(F)c1. The van der Waals surface area contributed by atoms with Crippen LogP contribution >= 0.6 is 0 Å². The van der Waals surface area contributed by atoms with E-state index in [1.165, 1.54) is 12.1 Å². The highest BCUT2D eigenvalue weighted by Crippen LogP contribution is 2.37. The Hall–Kier alpha value is -2.96. The number of benzene rings is 2. The number of amides is 2. The fraction of sp³-hybridized carbons (Fsp3) is 0.0667. The highest BCUT2D eigenvalue weighted by atomic mass is 19.2. The Morgan fingerprint density at radius 1 is 0.955 bits per heavy atom. The van der Waals surface area contributed by atoms with E-state index in [1.54, 1.807) is 0 Å². The number of carbonyl (C=O) groups is 2. The van der Waals surface area contributed by atoms with E-state index in [4.69, 9.17) is 0 Å².